The van der Waals surface area contributed by atoms with Crippen molar-refractivity contribution >= 4 is 0 Å². The molecule has 0 bridgehead atoms. The van der Waals surface area contributed by atoms with Gasteiger partial charge in [-0.1, -0.05) is 140 Å². The van der Waals surface area contributed by atoms with E-state index in [1.54, 1.807) is 12.4 Å². The molecule has 1 nitrogen and oxygen atoms in total. The van der Waals surface area contributed by atoms with E-state index in [1.807, 2.05) is 79.7 Å². The molecule has 159 valence electrons. The molecule has 1 heterocycles. The van der Waals surface area contributed by atoms with Crippen LogP contribution in [0.5, 0.6) is 0 Å². The molecule has 0 spiro atoms. The zero-order chi connectivity index (χ0) is 22.0. The summed E-state index contributed by atoms with van der Waals surface area (Å²) in [6.07, 6.45) is 3.34. The normalized spacial score (nSPS) is 7.52. The third-order valence-corrected chi connectivity index (χ3v) is 2.92. The first-order valence-corrected chi connectivity index (χ1v) is 10.6. The van der Waals surface area contributed by atoms with Crippen molar-refractivity contribution in [2.45, 2.75) is 61.3 Å². The van der Waals surface area contributed by atoms with Crippen molar-refractivity contribution in [2.24, 2.45) is 0 Å². The molecule has 0 saturated carbocycles. The van der Waals surface area contributed by atoms with Crippen LogP contribution in [0.2, 0.25) is 0 Å². The van der Waals surface area contributed by atoms with E-state index in [0.29, 0.717) is 0 Å². The van der Waals surface area contributed by atoms with Crippen molar-refractivity contribution in [3.8, 4) is 0 Å². The number of benzene rings is 2. The van der Waals surface area contributed by atoms with Gasteiger partial charge in [-0.05, 0) is 0 Å². The Balaban J connectivity index is -0.000000176. The van der Waals surface area contributed by atoms with Gasteiger partial charge in [-0.3, -0.25) is 0 Å². The Morgan fingerprint density at radius 3 is 1.24 bits per heavy atom. The van der Waals surface area contributed by atoms with Gasteiger partial charge in [0.05, 0.1) is 0 Å². The van der Waals surface area contributed by atoms with Gasteiger partial charge in [0.2, 0.25) is 0 Å². The van der Waals surface area contributed by atoms with Crippen LogP contribution >= 0.6 is 0 Å². The molecule has 0 aliphatic heterocycles. The molecular formula is C27H41NY-2. The second kappa shape index (κ2) is 31.4. The topological polar surface area (TPSA) is 12.9 Å². The maximum absolute atomic E-state index is 4.18. The van der Waals surface area contributed by atoms with Crippen LogP contribution < -0.4 is 0 Å². The molecule has 0 aliphatic carbocycles. The van der Waals surface area contributed by atoms with E-state index in [2.05, 4.69) is 66.5 Å². The third kappa shape index (κ3) is 19.8. The van der Waals surface area contributed by atoms with E-state index in [-0.39, 0.29) is 38.6 Å². The first-order chi connectivity index (χ1) is 13.9. The molecule has 1 radical (unpaired) electrons. The molecule has 1 aromatic heterocycles. The van der Waals surface area contributed by atoms with Gasteiger partial charge >= 0.3 is 0 Å². The largest absolute Gasteiger partial charge is 0.332 e. The maximum atomic E-state index is 4.18. The first kappa shape index (κ1) is 35.2. The quantitative estimate of drug-likeness (QED) is 0.343. The molecule has 2 heteroatoms. The summed E-state index contributed by atoms with van der Waals surface area (Å²) in [4.78, 5) is 3.73. The monoisotopic (exact) mass is 468 g/mol. The Kier molecular flexibility index (Phi) is 38.0. The number of aromatic nitrogens is 1. The summed E-state index contributed by atoms with van der Waals surface area (Å²) in [6, 6.07) is 27.2. The van der Waals surface area contributed by atoms with Crippen molar-refractivity contribution in [3.63, 3.8) is 0 Å². The Bertz CT molecular complexity index is 516. The van der Waals surface area contributed by atoms with Crippen molar-refractivity contribution in [1.29, 1.82) is 0 Å². The van der Waals surface area contributed by atoms with Gasteiger partial charge in [0.1, 0.15) is 0 Å². The summed E-state index contributed by atoms with van der Waals surface area (Å²) in [5.74, 6) is 0.234. The van der Waals surface area contributed by atoms with Crippen LogP contribution in [0.4, 0.5) is 0 Å². The second-order valence-electron chi connectivity index (χ2n) is 4.33. The molecule has 3 rings (SSSR count). The number of nitrogens with zero attached hydrogens (tertiary/aromatic N) is 1. The smallest absolute Gasteiger partial charge is 0 e. The summed E-state index contributed by atoms with van der Waals surface area (Å²) in [7, 11) is 0. The van der Waals surface area contributed by atoms with Gasteiger partial charge < -0.3 is 11.9 Å². The predicted molar refractivity (Wildman–Crippen MR) is 129 cm³/mol. The summed E-state index contributed by atoms with van der Waals surface area (Å²) >= 11 is 0. The Morgan fingerprint density at radius 1 is 0.655 bits per heavy atom. The molecule has 0 amide bonds. The minimum Gasteiger partial charge on any atom is -0.332 e. The summed E-state index contributed by atoms with van der Waals surface area (Å²) < 4.78 is 0. The van der Waals surface area contributed by atoms with E-state index in [4.69, 9.17) is 0 Å². The average molecular weight is 469 g/mol. The number of pyridine rings is 1. The fourth-order valence-corrected chi connectivity index (χ4v) is 1.84. The minimum atomic E-state index is 0. The molecule has 29 heavy (non-hydrogen) atoms. The van der Waals surface area contributed by atoms with Crippen LogP contribution in [0.3, 0.4) is 0 Å². The molecule has 0 fully saturated rings. The Morgan fingerprint density at radius 2 is 1.03 bits per heavy atom. The molecular weight excluding hydrogens is 427 g/mol. The van der Waals surface area contributed by atoms with Gasteiger partial charge in [-0.25, -0.2) is 12.1 Å². The first-order valence-electron chi connectivity index (χ1n) is 10.6. The van der Waals surface area contributed by atoms with Crippen LogP contribution in [0.15, 0.2) is 85.2 Å². The van der Waals surface area contributed by atoms with Crippen molar-refractivity contribution in [3.05, 3.63) is 109 Å². The van der Waals surface area contributed by atoms with Crippen molar-refractivity contribution in [1.82, 2.24) is 4.98 Å². The van der Waals surface area contributed by atoms with E-state index < -0.39 is 0 Å². The van der Waals surface area contributed by atoms with Crippen molar-refractivity contribution in [2.75, 3.05) is 0 Å². The molecule has 0 unspecified atom stereocenters. The van der Waals surface area contributed by atoms with Crippen LogP contribution in [0.1, 0.15) is 72.4 Å². The molecule has 0 N–H and O–H groups in total. The van der Waals surface area contributed by atoms with E-state index in [1.165, 1.54) is 11.1 Å². The van der Waals surface area contributed by atoms with E-state index in [0.717, 1.165) is 0 Å². The van der Waals surface area contributed by atoms with Crippen LogP contribution in [-0.2, 0) is 32.7 Å². The predicted octanol–water partition coefficient (Wildman–Crippen LogP) is 8.64. The number of hydrogen-bond donors (Lipinski definition) is 0. The SMILES string of the molecule is CC.CC.CC.CC.[CH2-]C(c1ccccc1)c1ccccc1.[Y].[c-]1cccnc1. The zero-order valence-corrected chi connectivity index (χ0v) is 22.7. The van der Waals surface area contributed by atoms with Crippen LogP contribution in [0.25, 0.3) is 0 Å². The van der Waals surface area contributed by atoms with Gasteiger partial charge in [0.25, 0.3) is 0 Å². The summed E-state index contributed by atoms with van der Waals surface area (Å²) in [5, 5.41) is 0. The number of hydrogen-bond acceptors (Lipinski definition) is 1. The zero-order valence-electron chi connectivity index (χ0n) is 19.9. The van der Waals surface area contributed by atoms with Gasteiger partial charge in [0, 0.05) is 32.7 Å². The van der Waals surface area contributed by atoms with Gasteiger partial charge in [-0.15, -0.1) is 5.92 Å². The maximum Gasteiger partial charge on any atom is 0 e. The summed E-state index contributed by atoms with van der Waals surface area (Å²) in [6.45, 7) is 20.2. The Labute approximate surface area is 207 Å². The fourth-order valence-electron chi connectivity index (χ4n) is 1.84. The Hall–Kier alpha value is -1.31. The molecule has 3 aromatic rings. The van der Waals surface area contributed by atoms with Gasteiger partial charge in [0.15, 0.2) is 0 Å². The summed E-state index contributed by atoms with van der Waals surface area (Å²) in [5.41, 5.74) is 2.53. The number of rotatable bonds is 2. The van der Waals surface area contributed by atoms with E-state index in [9.17, 15) is 0 Å². The molecule has 2 aromatic carbocycles. The minimum absolute atomic E-state index is 0. The van der Waals surface area contributed by atoms with Crippen LogP contribution in [0, 0.1) is 13.0 Å². The molecule has 0 saturated heterocycles. The van der Waals surface area contributed by atoms with Crippen molar-refractivity contribution < 1.29 is 32.7 Å². The van der Waals surface area contributed by atoms with E-state index >= 15 is 0 Å². The standard InChI is InChI=1S/C14H13.C5H4N.4C2H6.Y/c1-12(13-8-4-2-5-9-13)14-10-6-3-7-11-14;1-2-4-6-5-3-1;4*1-2;/h2-12H,1H2;1-2,4-5H;4*1-2H3;/q2*-1;;;;;. The second-order valence-corrected chi connectivity index (χ2v) is 4.33. The third-order valence-electron chi connectivity index (χ3n) is 2.92. The average Bonchev–Trinajstić information content (AvgIpc) is 2.86. The molecule has 0 atom stereocenters. The fraction of sp³-hybridized carbons (Fsp3) is 0.333. The van der Waals surface area contributed by atoms with Gasteiger partial charge in [-0.2, -0.15) is 6.07 Å². The molecule has 0 aliphatic rings. The van der Waals surface area contributed by atoms with Crippen LogP contribution in [-0.4, -0.2) is 4.98 Å².